The van der Waals surface area contributed by atoms with Gasteiger partial charge in [-0.2, -0.15) is 0 Å². The Balaban J connectivity index is 1.25. The largest absolute Gasteiger partial charge is 0.497 e. The fourth-order valence-corrected chi connectivity index (χ4v) is 4.20. The van der Waals surface area contributed by atoms with Gasteiger partial charge in [-0.25, -0.2) is 0 Å². The van der Waals surface area contributed by atoms with E-state index in [1.807, 2.05) is 41.3 Å². The standard InChI is InChI=1S/C26H28N2O3S/c1-20-3-13-25(14-4-20)32-31-24-11-7-22(8-12-24)27-15-17-28(18-16-27)26(29)19-21-5-9-23(30-2)10-6-21/h3-14H,15-19H2,1-2H3. The maximum absolute atomic E-state index is 12.7. The second-order valence-corrected chi connectivity index (χ2v) is 8.67. The first-order valence-electron chi connectivity index (χ1n) is 10.8. The molecule has 3 aromatic rings. The van der Waals surface area contributed by atoms with E-state index in [1.165, 1.54) is 17.6 Å². The molecule has 0 atom stereocenters. The smallest absolute Gasteiger partial charge is 0.227 e. The minimum atomic E-state index is 0.173. The normalized spacial score (nSPS) is 13.7. The SMILES string of the molecule is COc1ccc(CC(=O)N2CCN(c3ccc(OSc4ccc(C)cc4)cc3)CC2)cc1. The van der Waals surface area contributed by atoms with Crippen LogP contribution >= 0.6 is 12.0 Å². The summed E-state index contributed by atoms with van der Waals surface area (Å²) >= 11 is 1.37. The third-order valence-electron chi connectivity index (χ3n) is 5.60. The summed E-state index contributed by atoms with van der Waals surface area (Å²) in [6, 6.07) is 24.1. The second-order valence-electron chi connectivity index (χ2n) is 7.87. The zero-order valence-corrected chi connectivity index (χ0v) is 19.3. The number of rotatable bonds is 7. The van der Waals surface area contributed by atoms with Gasteiger partial charge in [-0.05, 0) is 61.0 Å². The van der Waals surface area contributed by atoms with Crippen LogP contribution in [0.2, 0.25) is 0 Å². The number of ether oxygens (including phenoxy) is 1. The lowest BCUT2D eigenvalue weighted by Crippen LogP contribution is -2.49. The van der Waals surface area contributed by atoms with Gasteiger partial charge in [0.05, 0.1) is 25.6 Å². The van der Waals surface area contributed by atoms with Gasteiger partial charge in [0.15, 0.2) is 0 Å². The van der Waals surface area contributed by atoms with Crippen molar-refractivity contribution in [2.75, 3.05) is 38.2 Å². The zero-order valence-electron chi connectivity index (χ0n) is 18.5. The van der Waals surface area contributed by atoms with Gasteiger partial charge >= 0.3 is 0 Å². The Bertz CT molecular complexity index is 1010. The van der Waals surface area contributed by atoms with Crippen molar-refractivity contribution in [2.45, 2.75) is 18.2 Å². The Morgan fingerprint density at radius 1 is 0.844 bits per heavy atom. The number of carbonyl (C=O) groups excluding carboxylic acids is 1. The number of carbonyl (C=O) groups is 1. The van der Waals surface area contributed by atoms with Crippen LogP contribution in [0.25, 0.3) is 0 Å². The number of methoxy groups -OCH3 is 1. The number of hydrogen-bond donors (Lipinski definition) is 0. The molecule has 32 heavy (non-hydrogen) atoms. The maximum atomic E-state index is 12.7. The average Bonchev–Trinajstić information content (AvgIpc) is 2.84. The van der Waals surface area contributed by atoms with E-state index in [0.29, 0.717) is 6.42 Å². The number of hydrogen-bond acceptors (Lipinski definition) is 5. The molecular weight excluding hydrogens is 420 g/mol. The Morgan fingerprint density at radius 2 is 1.47 bits per heavy atom. The molecule has 166 valence electrons. The molecule has 6 heteroatoms. The summed E-state index contributed by atoms with van der Waals surface area (Å²) in [5.41, 5.74) is 3.40. The lowest BCUT2D eigenvalue weighted by atomic mass is 10.1. The quantitative estimate of drug-likeness (QED) is 0.477. The van der Waals surface area contributed by atoms with Crippen LogP contribution in [-0.4, -0.2) is 44.1 Å². The summed E-state index contributed by atoms with van der Waals surface area (Å²) in [4.78, 5) is 18.0. The van der Waals surface area contributed by atoms with Crippen molar-refractivity contribution in [1.29, 1.82) is 0 Å². The highest BCUT2D eigenvalue weighted by Crippen LogP contribution is 2.26. The summed E-state index contributed by atoms with van der Waals surface area (Å²) in [6.07, 6.45) is 0.425. The predicted molar refractivity (Wildman–Crippen MR) is 130 cm³/mol. The third kappa shape index (κ3) is 5.77. The minimum absolute atomic E-state index is 0.173. The molecule has 0 spiro atoms. The van der Waals surface area contributed by atoms with Crippen LogP contribution in [0.3, 0.4) is 0 Å². The first-order valence-corrected chi connectivity index (χ1v) is 11.5. The van der Waals surface area contributed by atoms with Gasteiger partial charge in [0, 0.05) is 36.8 Å². The van der Waals surface area contributed by atoms with Gasteiger partial charge in [-0.15, -0.1) is 0 Å². The van der Waals surface area contributed by atoms with Gasteiger partial charge in [0.2, 0.25) is 5.91 Å². The Kier molecular flexibility index (Phi) is 7.22. The van der Waals surface area contributed by atoms with Crippen LogP contribution in [0.4, 0.5) is 5.69 Å². The fourth-order valence-electron chi connectivity index (χ4n) is 3.65. The molecular formula is C26H28N2O3S. The van der Waals surface area contributed by atoms with Crippen LogP contribution in [0.1, 0.15) is 11.1 Å². The van der Waals surface area contributed by atoms with Gasteiger partial charge in [0.1, 0.15) is 11.5 Å². The lowest BCUT2D eigenvalue weighted by Gasteiger charge is -2.36. The molecule has 0 bridgehead atoms. The Morgan fingerprint density at radius 3 is 2.09 bits per heavy atom. The average molecular weight is 449 g/mol. The van der Waals surface area contributed by atoms with Gasteiger partial charge < -0.3 is 18.7 Å². The molecule has 0 unspecified atom stereocenters. The summed E-state index contributed by atoms with van der Waals surface area (Å²) < 4.78 is 11.0. The van der Waals surface area contributed by atoms with Crippen molar-refractivity contribution in [2.24, 2.45) is 0 Å². The zero-order chi connectivity index (χ0) is 22.3. The summed E-state index contributed by atoms with van der Waals surface area (Å²) in [6.45, 7) is 5.19. The molecule has 0 saturated carbocycles. The Labute approximate surface area is 194 Å². The molecule has 1 aliphatic heterocycles. The molecule has 1 saturated heterocycles. The number of nitrogens with zero attached hydrogens (tertiary/aromatic N) is 2. The molecule has 0 radical (unpaired) electrons. The summed E-state index contributed by atoms with van der Waals surface area (Å²) in [7, 11) is 1.64. The van der Waals surface area contributed by atoms with E-state index in [1.54, 1.807) is 7.11 Å². The van der Waals surface area contributed by atoms with Crippen molar-refractivity contribution in [1.82, 2.24) is 4.90 Å². The van der Waals surface area contributed by atoms with E-state index in [0.717, 1.165) is 53.8 Å². The van der Waals surface area contributed by atoms with Crippen molar-refractivity contribution in [3.8, 4) is 11.5 Å². The monoisotopic (exact) mass is 448 g/mol. The first kappa shape index (κ1) is 22.1. The fraction of sp³-hybridized carbons (Fsp3) is 0.269. The summed E-state index contributed by atoms with van der Waals surface area (Å²) in [5, 5.41) is 0. The van der Waals surface area contributed by atoms with Crippen molar-refractivity contribution in [3.63, 3.8) is 0 Å². The van der Waals surface area contributed by atoms with Crippen LogP contribution in [0, 0.1) is 6.92 Å². The highest BCUT2D eigenvalue weighted by molar-refractivity contribution is 7.95. The topological polar surface area (TPSA) is 42.0 Å². The molecule has 1 fully saturated rings. The molecule has 0 aliphatic carbocycles. The van der Waals surface area contributed by atoms with E-state index in [9.17, 15) is 4.79 Å². The third-order valence-corrected chi connectivity index (χ3v) is 6.34. The highest BCUT2D eigenvalue weighted by atomic mass is 32.2. The molecule has 1 aliphatic rings. The van der Waals surface area contributed by atoms with Crippen molar-refractivity contribution in [3.05, 3.63) is 83.9 Å². The van der Waals surface area contributed by atoms with E-state index in [2.05, 4.69) is 48.2 Å². The number of piperazine rings is 1. The van der Waals surface area contributed by atoms with E-state index < -0.39 is 0 Å². The molecule has 3 aromatic carbocycles. The van der Waals surface area contributed by atoms with Gasteiger partial charge in [-0.1, -0.05) is 29.8 Å². The van der Waals surface area contributed by atoms with Crippen LogP contribution < -0.4 is 13.8 Å². The first-order chi connectivity index (χ1) is 15.6. The maximum Gasteiger partial charge on any atom is 0.227 e. The summed E-state index contributed by atoms with van der Waals surface area (Å²) in [5.74, 6) is 1.80. The Hall–Kier alpha value is -3.12. The highest BCUT2D eigenvalue weighted by Gasteiger charge is 2.21. The van der Waals surface area contributed by atoms with E-state index in [-0.39, 0.29) is 5.91 Å². The molecule has 1 amide bonds. The van der Waals surface area contributed by atoms with Crippen LogP contribution in [-0.2, 0) is 11.2 Å². The van der Waals surface area contributed by atoms with E-state index >= 15 is 0 Å². The van der Waals surface area contributed by atoms with Crippen molar-refractivity contribution < 1.29 is 13.7 Å². The lowest BCUT2D eigenvalue weighted by molar-refractivity contribution is -0.130. The van der Waals surface area contributed by atoms with Crippen molar-refractivity contribution >= 4 is 23.6 Å². The van der Waals surface area contributed by atoms with E-state index in [4.69, 9.17) is 8.92 Å². The van der Waals surface area contributed by atoms with Crippen LogP contribution in [0.5, 0.6) is 11.5 Å². The predicted octanol–water partition coefficient (Wildman–Crippen LogP) is 4.98. The van der Waals surface area contributed by atoms with Gasteiger partial charge in [0.25, 0.3) is 0 Å². The number of benzene rings is 3. The number of aryl methyl sites for hydroxylation is 1. The molecule has 0 aromatic heterocycles. The number of amides is 1. The van der Waals surface area contributed by atoms with Gasteiger partial charge in [-0.3, -0.25) is 4.79 Å². The molecule has 5 nitrogen and oxygen atoms in total. The second kappa shape index (κ2) is 10.5. The minimum Gasteiger partial charge on any atom is -0.497 e. The molecule has 4 rings (SSSR count). The number of anilines is 1. The molecule has 1 heterocycles. The molecule has 0 N–H and O–H groups in total. The van der Waals surface area contributed by atoms with Crippen LogP contribution in [0.15, 0.2) is 77.7 Å².